The monoisotopic (exact) mass is 267 g/mol. The van der Waals surface area contributed by atoms with Gasteiger partial charge in [-0.25, -0.2) is 0 Å². The molecule has 1 saturated carbocycles. The molecule has 2 heteroatoms. The Morgan fingerprint density at radius 1 is 1.20 bits per heavy atom. The summed E-state index contributed by atoms with van der Waals surface area (Å²) in [6, 6.07) is 6.19. The van der Waals surface area contributed by atoms with Gasteiger partial charge in [-0.15, -0.1) is 0 Å². The van der Waals surface area contributed by atoms with E-state index in [1.54, 1.807) is 0 Å². The molecule has 0 radical (unpaired) electrons. The lowest BCUT2D eigenvalue weighted by atomic mass is 9.84. The zero-order valence-electron chi connectivity index (χ0n) is 9.01. The third kappa shape index (κ3) is 2.97. The summed E-state index contributed by atoms with van der Waals surface area (Å²) >= 11 is 3.51. The molecule has 15 heavy (non-hydrogen) atoms. The molecule has 0 unspecified atom stereocenters. The summed E-state index contributed by atoms with van der Waals surface area (Å²) in [5, 5.41) is 0. The second kappa shape index (κ2) is 5.02. The fraction of sp³-hybridized carbons (Fsp3) is 0.538. The lowest BCUT2D eigenvalue weighted by molar-refractivity contribution is 0.357. The molecule has 1 aromatic rings. The largest absolute Gasteiger partial charge is 0.399 e. The molecule has 1 aromatic carbocycles. The van der Waals surface area contributed by atoms with Crippen molar-refractivity contribution in [3.63, 3.8) is 0 Å². The fourth-order valence-corrected chi connectivity index (χ4v) is 2.86. The number of rotatable bonds is 2. The van der Waals surface area contributed by atoms with Crippen LogP contribution in [0, 0.1) is 5.92 Å². The van der Waals surface area contributed by atoms with E-state index in [-0.39, 0.29) is 0 Å². The van der Waals surface area contributed by atoms with Crippen molar-refractivity contribution in [1.82, 2.24) is 0 Å². The Labute approximate surface area is 100 Å². The molecule has 2 rings (SSSR count). The van der Waals surface area contributed by atoms with E-state index in [1.165, 1.54) is 37.7 Å². The van der Waals surface area contributed by atoms with Gasteiger partial charge in [0.15, 0.2) is 0 Å². The van der Waals surface area contributed by atoms with Crippen LogP contribution in [0.5, 0.6) is 0 Å². The smallest absolute Gasteiger partial charge is 0.0347 e. The molecular formula is C13H18BrN. The fourth-order valence-electron chi connectivity index (χ4n) is 2.45. The third-order valence-corrected chi connectivity index (χ3v) is 3.83. The van der Waals surface area contributed by atoms with E-state index in [2.05, 4.69) is 22.0 Å². The molecule has 0 saturated heterocycles. The van der Waals surface area contributed by atoms with Crippen LogP contribution in [0.2, 0.25) is 0 Å². The predicted octanol–water partition coefficient (Wildman–Crippen LogP) is 4.15. The molecule has 0 amide bonds. The molecule has 1 fully saturated rings. The van der Waals surface area contributed by atoms with Crippen molar-refractivity contribution in [2.24, 2.45) is 5.92 Å². The van der Waals surface area contributed by atoms with Crippen molar-refractivity contribution in [2.75, 3.05) is 5.73 Å². The summed E-state index contributed by atoms with van der Waals surface area (Å²) in [6.45, 7) is 0. The van der Waals surface area contributed by atoms with Gasteiger partial charge in [0.05, 0.1) is 0 Å². The Morgan fingerprint density at radius 3 is 2.67 bits per heavy atom. The molecule has 1 aliphatic carbocycles. The minimum Gasteiger partial charge on any atom is -0.399 e. The molecule has 0 heterocycles. The van der Waals surface area contributed by atoms with Crippen LogP contribution >= 0.6 is 15.9 Å². The first-order valence-electron chi connectivity index (χ1n) is 5.79. The van der Waals surface area contributed by atoms with Crippen LogP contribution in [-0.2, 0) is 6.42 Å². The minimum absolute atomic E-state index is 0.857. The zero-order valence-corrected chi connectivity index (χ0v) is 10.6. The molecule has 0 atom stereocenters. The molecular weight excluding hydrogens is 250 g/mol. The van der Waals surface area contributed by atoms with Crippen molar-refractivity contribution in [2.45, 2.75) is 38.5 Å². The Morgan fingerprint density at radius 2 is 1.93 bits per heavy atom. The van der Waals surface area contributed by atoms with Gasteiger partial charge in [0, 0.05) is 10.2 Å². The second-order valence-corrected chi connectivity index (χ2v) is 5.47. The molecule has 1 aliphatic rings. The molecule has 1 nitrogen and oxygen atoms in total. The maximum absolute atomic E-state index is 5.99. The van der Waals surface area contributed by atoms with Crippen molar-refractivity contribution < 1.29 is 0 Å². The van der Waals surface area contributed by atoms with E-state index in [0.717, 1.165) is 22.5 Å². The van der Waals surface area contributed by atoms with Crippen molar-refractivity contribution >= 4 is 21.6 Å². The molecule has 82 valence electrons. The normalized spacial score (nSPS) is 17.9. The van der Waals surface area contributed by atoms with Crippen LogP contribution in [-0.4, -0.2) is 0 Å². The molecule has 0 aliphatic heterocycles. The van der Waals surface area contributed by atoms with Gasteiger partial charge < -0.3 is 5.73 Å². The van der Waals surface area contributed by atoms with Gasteiger partial charge in [-0.1, -0.05) is 48.0 Å². The Bertz CT molecular complexity index is 329. The first kappa shape index (κ1) is 11.0. The van der Waals surface area contributed by atoms with Gasteiger partial charge in [0.1, 0.15) is 0 Å². The number of hydrogen-bond acceptors (Lipinski definition) is 1. The predicted molar refractivity (Wildman–Crippen MR) is 68.8 cm³/mol. The van der Waals surface area contributed by atoms with Crippen LogP contribution in [0.1, 0.15) is 37.7 Å². The van der Waals surface area contributed by atoms with Gasteiger partial charge in [-0.3, -0.25) is 0 Å². The highest BCUT2D eigenvalue weighted by Gasteiger charge is 2.15. The first-order valence-corrected chi connectivity index (χ1v) is 6.59. The summed E-state index contributed by atoms with van der Waals surface area (Å²) in [5.74, 6) is 0.857. The van der Waals surface area contributed by atoms with Gasteiger partial charge in [0.2, 0.25) is 0 Å². The van der Waals surface area contributed by atoms with Crippen LogP contribution in [0.3, 0.4) is 0 Å². The summed E-state index contributed by atoms with van der Waals surface area (Å²) in [7, 11) is 0. The Balaban J connectivity index is 2.05. The lowest BCUT2D eigenvalue weighted by Crippen LogP contribution is -2.10. The summed E-state index contributed by atoms with van der Waals surface area (Å²) < 4.78 is 1.14. The van der Waals surface area contributed by atoms with Gasteiger partial charge >= 0.3 is 0 Å². The number of nitrogen functional groups attached to an aromatic ring is 1. The quantitative estimate of drug-likeness (QED) is 0.801. The first-order chi connectivity index (χ1) is 7.25. The second-order valence-electron chi connectivity index (χ2n) is 4.55. The van der Waals surface area contributed by atoms with Crippen molar-refractivity contribution in [3.05, 3.63) is 28.2 Å². The minimum atomic E-state index is 0.857. The molecule has 0 spiro atoms. The summed E-state index contributed by atoms with van der Waals surface area (Å²) in [4.78, 5) is 0. The van der Waals surface area contributed by atoms with E-state index in [9.17, 15) is 0 Å². The highest BCUT2D eigenvalue weighted by atomic mass is 79.9. The van der Waals surface area contributed by atoms with E-state index in [1.807, 2.05) is 12.1 Å². The van der Waals surface area contributed by atoms with Crippen molar-refractivity contribution in [3.8, 4) is 0 Å². The molecule has 2 N–H and O–H groups in total. The number of benzene rings is 1. The number of anilines is 1. The van der Waals surface area contributed by atoms with E-state index < -0.39 is 0 Å². The average molecular weight is 268 g/mol. The molecule has 0 bridgehead atoms. The maximum Gasteiger partial charge on any atom is 0.0347 e. The van der Waals surface area contributed by atoms with Crippen molar-refractivity contribution in [1.29, 1.82) is 0 Å². The van der Waals surface area contributed by atoms with Crippen LogP contribution in [0.15, 0.2) is 22.7 Å². The van der Waals surface area contributed by atoms with E-state index in [0.29, 0.717) is 0 Å². The number of halogens is 1. The SMILES string of the molecule is Nc1ccc(Br)cc1CC1CCCCC1. The summed E-state index contributed by atoms with van der Waals surface area (Å²) in [6.07, 6.45) is 8.14. The van der Waals surface area contributed by atoms with Crippen LogP contribution in [0.25, 0.3) is 0 Å². The molecule has 0 aromatic heterocycles. The number of hydrogen-bond donors (Lipinski definition) is 1. The summed E-state index contributed by atoms with van der Waals surface area (Å²) in [5.41, 5.74) is 8.25. The van der Waals surface area contributed by atoms with E-state index in [4.69, 9.17) is 5.73 Å². The van der Waals surface area contributed by atoms with Gasteiger partial charge in [-0.05, 0) is 36.1 Å². The highest BCUT2D eigenvalue weighted by molar-refractivity contribution is 9.10. The Kier molecular flexibility index (Phi) is 3.68. The van der Waals surface area contributed by atoms with Crippen LogP contribution < -0.4 is 5.73 Å². The average Bonchev–Trinajstić information content (AvgIpc) is 2.25. The Hall–Kier alpha value is -0.500. The highest BCUT2D eigenvalue weighted by Crippen LogP contribution is 2.29. The number of nitrogens with two attached hydrogens (primary N) is 1. The third-order valence-electron chi connectivity index (χ3n) is 3.34. The van der Waals surface area contributed by atoms with Gasteiger partial charge in [-0.2, -0.15) is 0 Å². The van der Waals surface area contributed by atoms with E-state index >= 15 is 0 Å². The van der Waals surface area contributed by atoms with Crippen LogP contribution in [0.4, 0.5) is 5.69 Å². The standard InChI is InChI=1S/C13H18BrN/c14-12-6-7-13(15)11(9-12)8-10-4-2-1-3-5-10/h6-7,9-10H,1-5,8,15H2. The van der Waals surface area contributed by atoms with Gasteiger partial charge in [0.25, 0.3) is 0 Å². The topological polar surface area (TPSA) is 26.0 Å². The lowest BCUT2D eigenvalue weighted by Gasteiger charge is -2.22. The zero-order chi connectivity index (χ0) is 10.7. The maximum atomic E-state index is 5.99.